The summed E-state index contributed by atoms with van der Waals surface area (Å²) in [5.74, 6) is 4.87. The Hall–Kier alpha value is -1.86. The van der Waals surface area contributed by atoms with Gasteiger partial charge >= 0.3 is 0 Å². The molecule has 4 heteroatoms. The average molecular weight is 289 g/mol. The first kappa shape index (κ1) is 15.5. The predicted molar refractivity (Wildman–Crippen MR) is 79.3 cm³/mol. The van der Waals surface area contributed by atoms with Crippen molar-refractivity contribution in [3.8, 4) is 11.8 Å². The van der Waals surface area contributed by atoms with E-state index in [9.17, 15) is 9.18 Å². The molecule has 1 aromatic carbocycles. The summed E-state index contributed by atoms with van der Waals surface area (Å²) in [7, 11) is 0. The molecule has 21 heavy (non-hydrogen) atoms. The third-order valence-corrected chi connectivity index (χ3v) is 4.05. The molecule has 3 nitrogen and oxygen atoms in total. The molecule has 2 N–H and O–H groups in total. The summed E-state index contributed by atoms with van der Waals surface area (Å²) in [6.07, 6.45) is 4.30. The van der Waals surface area contributed by atoms with E-state index in [0.29, 0.717) is 17.5 Å². The SMILES string of the molecule is CCC1(NC(=O)c2ccc(F)cc2C#CCCO)CCC1. The molecule has 112 valence electrons. The fourth-order valence-corrected chi connectivity index (χ4v) is 2.51. The van der Waals surface area contributed by atoms with Gasteiger partial charge in [-0.25, -0.2) is 4.39 Å². The highest BCUT2D eigenvalue weighted by Gasteiger charge is 2.36. The van der Waals surface area contributed by atoms with Gasteiger partial charge in [0.25, 0.3) is 5.91 Å². The number of hydrogen-bond donors (Lipinski definition) is 2. The molecule has 0 heterocycles. The van der Waals surface area contributed by atoms with Crippen LogP contribution in [0.4, 0.5) is 4.39 Å². The Morgan fingerprint density at radius 3 is 2.81 bits per heavy atom. The van der Waals surface area contributed by atoms with E-state index in [-0.39, 0.29) is 18.1 Å². The van der Waals surface area contributed by atoms with Gasteiger partial charge in [-0.2, -0.15) is 0 Å². The number of halogens is 1. The van der Waals surface area contributed by atoms with E-state index in [2.05, 4.69) is 24.1 Å². The minimum atomic E-state index is -0.423. The Morgan fingerprint density at radius 2 is 2.24 bits per heavy atom. The first-order valence-electron chi connectivity index (χ1n) is 7.32. The lowest BCUT2D eigenvalue weighted by Crippen LogP contribution is -2.53. The molecule has 1 aliphatic rings. The van der Waals surface area contributed by atoms with Crippen molar-refractivity contribution in [1.29, 1.82) is 0 Å². The Bertz CT molecular complexity index is 577. The largest absolute Gasteiger partial charge is 0.395 e. The van der Waals surface area contributed by atoms with E-state index in [1.807, 2.05) is 0 Å². The quantitative estimate of drug-likeness (QED) is 0.837. The number of amides is 1. The summed E-state index contributed by atoms with van der Waals surface area (Å²) < 4.78 is 13.4. The normalized spacial score (nSPS) is 15.6. The lowest BCUT2D eigenvalue weighted by Gasteiger charge is -2.42. The first-order valence-corrected chi connectivity index (χ1v) is 7.32. The van der Waals surface area contributed by atoms with Gasteiger partial charge in [-0.3, -0.25) is 4.79 Å². The van der Waals surface area contributed by atoms with Crippen molar-refractivity contribution in [1.82, 2.24) is 5.32 Å². The van der Waals surface area contributed by atoms with Crippen molar-refractivity contribution in [3.05, 3.63) is 35.1 Å². The van der Waals surface area contributed by atoms with Crippen LogP contribution in [0.15, 0.2) is 18.2 Å². The molecule has 0 bridgehead atoms. The van der Waals surface area contributed by atoms with Crippen molar-refractivity contribution in [3.63, 3.8) is 0 Å². The Morgan fingerprint density at radius 1 is 1.48 bits per heavy atom. The summed E-state index contributed by atoms with van der Waals surface area (Å²) >= 11 is 0. The van der Waals surface area contributed by atoms with Crippen molar-refractivity contribution in [2.45, 2.75) is 44.6 Å². The van der Waals surface area contributed by atoms with Crippen LogP contribution >= 0.6 is 0 Å². The second-order valence-electron chi connectivity index (χ2n) is 5.41. The number of carbonyl (C=O) groups is 1. The molecular weight excluding hydrogens is 269 g/mol. The van der Waals surface area contributed by atoms with Crippen LogP contribution in [0.5, 0.6) is 0 Å². The first-order chi connectivity index (χ1) is 10.1. The van der Waals surface area contributed by atoms with Crippen LogP contribution in [0.1, 0.15) is 54.9 Å². The van der Waals surface area contributed by atoms with Crippen LogP contribution in [-0.4, -0.2) is 23.2 Å². The van der Waals surface area contributed by atoms with Gasteiger partial charge in [-0.1, -0.05) is 18.8 Å². The molecule has 0 aliphatic heterocycles. The second kappa shape index (κ2) is 6.73. The van der Waals surface area contributed by atoms with Crippen molar-refractivity contribution >= 4 is 5.91 Å². The highest BCUT2D eigenvalue weighted by Crippen LogP contribution is 2.34. The van der Waals surface area contributed by atoms with E-state index < -0.39 is 5.82 Å². The molecule has 1 aliphatic carbocycles. The van der Waals surface area contributed by atoms with Gasteiger partial charge in [-0.15, -0.1) is 0 Å². The molecule has 0 spiro atoms. The third-order valence-electron chi connectivity index (χ3n) is 4.05. The summed E-state index contributed by atoms with van der Waals surface area (Å²) in [4.78, 5) is 12.4. The lowest BCUT2D eigenvalue weighted by atomic mass is 9.74. The number of aliphatic hydroxyl groups excluding tert-OH is 1. The summed E-state index contributed by atoms with van der Waals surface area (Å²) in [6.45, 7) is 2.01. The summed E-state index contributed by atoms with van der Waals surface area (Å²) in [5, 5.41) is 11.8. The maximum atomic E-state index is 13.4. The van der Waals surface area contributed by atoms with E-state index in [1.54, 1.807) is 0 Å². The molecule has 0 aromatic heterocycles. The number of hydrogen-bond acceptors (Lipinski definition) is 2. The summed E-state index contributed by atoms with van der Waals surface area (Å²) in [6, 6.07) is 4.00. The minimum absolute atomic E-state index is 0.0528. The molecule has 1 aromatic rings. The monoisotopic (exact) mass is 289 g/mol. The zero-order chi connectivity index (χ0) is 15.3. The highest BCUT2D eigenvalue weighted by atomic mass is 19.1. The zero-order valence-corrected chi connectivity index (χ0v) is 12.2. The molecule has 1 amide bonds. The van der Waals surface area contributed by atoms with Crippen LogP contribution in [0.3, 0.4) is 0 Å². The standard InChI is InChI=1S/C17H20FNO2/c1-2-17(9-5-10-17)19-16(21)15-8-7-14(18)12-13(15)6-3-4-11-20/h7-8,12,20H,2,4-5,9-11H2,1H3,(H,19,21). The molecule has 0 radical (unpaired) electrons. The fourth-order valence-electron chi connectivity index (χ4n) is 2.51. The number of nitrogens with one attached hydrogen (secondary N) is 1. The molecule has 0 unspecified atom stereocenters. The van der Waals surface area contributed by atoms with Crippen LogP contribution < -0.4 is 5.32 Å². The van der Waals surface area contributed by atoms with E-state index in [0.717, 1.165) is 25.7 Å². The average Bonchev–Trinajstić information content (AvgIpc) is 2.43. The van der Waals surface area contributed by atoms with Crippen LogP contribution in [0, 0.1) is 17.7 Å². The lowest BCUT2D eigenvalue weighted by molar-refractivity contribution is 0.0820. The number of carbonyl (C=O) groups excluding carboxylic acids is 1. The van der Waals surface area contributed by atoms with Crippen LogP contribution in [-0.2, 0) is 0 Å². The molecule has 1 saturated carbocycles. The zero-order valence-electron chi connectivity index (χ0n) is 12.2. The molecule has 0 atom stereocenters. The smallest absolute Gasteiger partial charge is 0.252 e. The van der Waals surface area contributed by atoms with Gasteiger partial charge in [0.2, 0.25) is 0 Å². The van der Waals surface area contributed by atoms with Crippen molar-refractivity contribution < 1.29 is 14.3 Å². The number of rotatable bonds is 4. The maximum absolute atomic E-state index is 13.4. The maximum Gasteiger partial charge on any atom is 0.252 e. The van der Waals surface area contributed by atoms with Crippen LogP contribution in [0.25, 0.3) is 0 Å². The van der Waals surface area contributed by atoms with Gasteiger partial charge in [0.05, 0.1) is 12.2 Å². The molecule has 0 saturated heterocycles. The second-order valence-corrected chi connectivity index (χ2v) is 5.41. The fraction of sp³-hybridized carbons (Fsp3) is 0.471. The van der Waals surface area contributed by atoms with Gasteiger partial charge in [0.1, 0.15) is 5.82 Å². The topological polar surface area (TPSA) is 49.3 Å². The summed E-state index contributed by atoms with van der Waals surface area (Å²) in [5.41, 5.74) is 0.648. The molecular formula is C17H20FNO2. The van der Waals surface area contributed by atoms with E-state index in [4.69, 9.17) is 5.11 Å². The van der Waals surface area contributed by atoms with Gasteiger partial charge in [0, 0.05) is 17.5 Å². The van der Waals surface area contributed by atoms with Crippen molar-refractivity contribution in [2.24, 2.45) is 0 Å². The number of benzene rings is 1. The molecule has 2 rings (SSSR count). The van der Waals surface area contributed by atoms with Crippen molar-refractivity contribution in [2.75, 3.05) is 6.61 Å². The molecule has 1 fully saturated rings. The Labute approximate surface area is 124 Å². The van der Waals surface area contributed by atoms with Gasteiger partial charge < -0.3 is 10.4 Å². The predicted octanol–water partition coefficient (Wildman–Crippen LogP) is 2.62. The van der Waals surface area contributed by atoms with E-state index >= 15 is 0 Å². The third kappa shape index (κ3) is 3.62. The minimum Gasteiger partial charge on any atom is -0.395 e. The number of aliphatic hydroxyl groups is 1. The highest BCUT2D eigenvalue weighted by molar-refractivity contribution is 5.97. The Kier molecular flexibility index (Phi) is 4.98. The van der Waals surface area contributed by atoms with Crippen LogP contribution in [0.2, 0.25) is 0 Å². The van der Waals surface area contributed by atoms with E-state index in [1.165, 1.54) is 18.2 Å². The Balaban J connectivity index is 2.22. The van der Waals surface area contributed by atoms with Gasteiger partial charge in [-0.05, 0) is 43.9 Å². The van der Waals surface area contributed by atoms with Gasteiger partial charge in [0.15, 0.2) is 0 Å².